The summed E-state index contributed by atoms with van der Waals surface area (Å²) in [6.07, 6.45) is 0. The van der Waals surface area contributed by atoms with Gasteiger partial charge in [0.25, 0.3) is 5.56 Å². The number of hydrogen-bond donors (Lipinski definition) is 4. The number of aliphatic hydroxyl groups excluding tert-OH is 1. The minimum absolute atomic E-state index is 0.0388. The highest BCUT2D eigenvalue weighted by molar-refractivity contribution is 7.10. The maximum atomic E-state index is 14.4. The zero-order valence-electron chi connectivity index (χ0n) is 15.3. The Bertz CT molecular complexity index is 1100. The van der Waals surface area contributed by atoms with Crippen LogP contribution in [0.15, 0.2) is 52.3 Å². The van der Waals surface area contributed by atoms with Crippen LogP contribution in [0.25, 0.3) is 0 Å². The van der Waals surface area contributed by atoms with Crippen LogP contribution in [0.5, 0.6) is 11.5 Å². The van der Waals surface area contributed by atoms with Gasteiger partial charge in [-0.1, -0.05) is 6.07 Å². The van der Waals surface area contributed by atoms with Crippen LogP contribution in [0, 0.1) is 11.6 Å². The Balaban J connectivity index is 1.82. The van der Waals surface area contributed by atoms with Gasteiger partial charge in [-0.25, -0.2) is 8.78 Å². The molecule has 0 saturated carbocycles. The van der Waals surface area contributed by atoms with Crippen LogP contribution in [-0.2, 0) is 0 Å². The quantitative estimate of drug-likeness (QED) is 0.346. The third-order valence-corrected chi connectivity index (χ3v) is 4.59. The van der Waals surface area contributed by atoms with Crippen molar-refractivity contribution in [2.75, 3.05) is 11.9 Å². The van der Waals surface area contributed by atoms with Crippen molar-refractivity contribution in [3.05, 3.63) is 70.0 Å². The van der Waals surface area contributed by atoms with Gasteiger partial charge >= 0.3 is 0 Å². The first kappa shape index (κ1) is 20.5. The van der Waals surface area contributed by atoms with Crippen molar-refractivity contribution >= 4 is 28.1 Å². The van der Waals surface area contributed by atoms with Gasteiger partial charge in [0.05, 0.1) is 12.6 Å². The summed E-state index contributed by atoms with van der Waals surface area (Å²) >= 11 is 0.981. The number of H-pyrrole nitrogens is 1. The second kappa shape index (κ2) is 8.84. The minimum Gasteiger partial charge on any atom is -0.454 e. The number of halogens is 2. The molecule has 0 saturated heterocycles. The highest BCUT2D eigenvalue weighted by atomic mass is 32.1. The van der Waals surface area contributed by atoms with Gasteiger partial charge in [0.15, 0.2) is 11.6 Å². The van der Waals surface area contributed by atoms with E-state index < -0.39 is 23.2 Å². The molecule has 3 aromatic rings. The van der Waals surface area contributed by atoms with Gasteiger partial charge in [0.1, 0.15) is 28.0 Å². The van der Waals surface area contributed by atoms with Crippen LogP contribution in [-0.4, -0.2) is 28.0 Å². The Morgan fingerprint density at radius 3 is 2.83 bits per heavy atom. The van der Waals surface area contributed by atoms with Crippen molar-refractivity contribution in [3.8, 4) is 11.5 Å². The Hall–Kier alpha value is -3.24. The number of ether oxygens (including phenoxy) is 1. The normalized spacial score (nSPS) is 12.6. The fourth-order valence-corrected chi connectivity index (χ4v) is 3.18. The SMILES string of the molecule is CC(CO)N=C(N)c1c(Nc2ccc(Oc3cccc(F)c3)c(F)c2)s[nH]c1=O. The van der Waals surface area contributed by atoms with Gasteiger partial charge in [0.2, 0.25) is 0 Å². The Morgan fingerprint density at radius 2 is 2.14 bits per heavy atom. The van der Waals surface area contributed by atoms with E-state index >= 15 is 0 Å². The molecule has 0 fully saturated rings. The average Bonchev–Trinajstić information content (AvgIpc) is 3.04. The fourth-order valence-electron chi connectivity index (χ4n) is 2.42. The van der Waals surface area contributed by atoms with E-state index in [1.54, 1.807) is 6.92 Å². The lowest BCUT2D eigenvalue weighted by atomic mass is 10.2. The molecular weight excluding hydrogens is 402 g/mol. The van der Waals surface area contributed by atoms with Crippen molar-refractivity contribution in [2.45, 2.75) is 13.0 Å². The molecule has 0 aliphatic carbocycles. The summed E-state index contributed by atoms with van der Waals surface area (Å²) in [6.45, 7) is 1.43. The lowest BCUT2D eigenvalue weighted by Crippen LogP contribution is -2.24. The monoisotopic (exact) mass is 420 g/mol. The predicted octanol–water partition coefficient (Wildman–Crippen LogP) is 3.34. The maximum Gasteiger partial charge on any atom is 0.271 e. The molecule has 0 aliphatic heterocycles. The van der Waals surface area contributed by atoms with Crippen molar-refractivity contribution < 1.29 is 18.6 Å². The molecule has 0 aliphatic rings. The number of benzene rings is 2. The lowest BCUT2D eigenvalue weighted by molar-refractivity contribution is 0.274. The van der Waals surface area contributed by atoms with Crippen molar-refractivity contribution in [2.24, 2.45) is 10.7 Å². The first-order valence-corrected chi connectivity index (χ1v) is 9.35. The molecule has 0 spiro atoms. The highest BCUT2D eigenvalue weighted by Gasteiger charge is 2.16. The van der Waals surface area contributed by atoms with Crippen molar-refractivity contribution in [3.63, 3.8) is 0 Å². The molecule has 0 amide bonds. The van der Waals surface area contributed by atoms with Crippen LogP contribution >= 0.6 is 11.5 Å². The molecule has 2 aromatic carbocycles. The van der Waals surface area contributed by atoms with E-state index in [0.717, 1.165) is 17.6 Å². The fraction of sp³-hybridized carbons (Fsp3) is 0.158. The van der Waals surface area contributed by atoms with Gasteiger partial charge in [-0.15, -0.1) is 0 Å². The predicted molar refractivity (Wildman–Crippen MR) is 108 cm³/mol. The third kappa shape index (κ3) is 4.98. The molecule has 10 heteroatoms. The van der Waals surface area contributed by atoms with Crippen LogP contribution in [0.2, 0.25) is 0 Å². The number of hydrogen-bond acceptors (Lipinski definition) is 6. The third-order valence-electron chi connectivity index (χ3n) is 3.79. The summed E-state index contributed by atoms with van der Waals surface area (Å²) in [5, 5.41) is 12.4. The lowest BCUT2D eigenvalue weighted by Gasteiger charge is -2.10. The summed E-state index contributed by atoms with van der Waals surface area (Å²) in [6, 6.07) is 8.98. The smallest absolute Gasteiger partial charge is 0.271 e. The van der Waals surface area contributed by atoms with Gasteiger partial charge in [-0.2, -0.15) is 0 Å². The van der Waals surface area contributed by atoms with Crippen molar-refractivity contribution in [1.82, 2.24) is 4.37 Å². The number of aliphatic imine (C=N–C) groups is 1. The number of aliphatic hydroxyl groups is 1. The number of amidine groups is 1. The summed E-state index contributed by atoms with van der Waals surface area (Å²) < 4.78 is 35.6. The highest BCUT2D eigenvalue weighted by Crippen LogP contribution is 2.29. The van der Waals surface area contributed by atoms with E-state index in [0.29, 0.717) is 10.7 Å². The standard InChI is InChI=1S/C19H18F2N4O3S/c1-10(9-26)23-17(22)16-18(27)25-29-19(16)24-12-5-6-15(14(21)8-12)28-13-4-2-3-11(20)7-13/h2-8,10,24,26H,9H2,1H3,(H2,22,23)(H,25,27). The molecule has 1 heterocycles. The van der Waals surface area contributed by atoms with Crippen molar-refractivity contribution in [1.29, 1.82) is 0 Å². The minimum atomic E-state index is -0.681. The Labute approximate surface area is 168 Å². The number of aromatic nitrogens is 1. The number of anilines is 2. The van der Waals surface area contributed by atoms with Crippen LogP contribution in [0.3, 0.4) is 0 Å². The molecule has 1 atom stereocenters. The maximum absolute atomic E-state index is 14.4. The molecule has 152 valence electrons. The average molecular weight is 420 g/mol. The zero-order valence-corrected chi connectivity index (χ0v) is 16.1. The molecule has 1 unspecified atom stereocenters. The zero-order chi connectivity index (χ0) is 21.0. The molecule has 0 bridgehead atoms. The second-order valence-electron chi connectivity index (χ2n) is 6.11. The largest absolute Gasteiger partial charge is 0.454 e. The van der Waals surface area contributed by atoms with Gasteiger partial charge in [-0.05, 0) is 42.7 Å². The molecule has 29 heavy (non-hydrogen) atoms. The summed E-state index contributed by atoms with van der Waals surface area (Å²) in [7, 11) is 0. The van der Waals surface area contributed by atoms with E-state index in [1.807, 2.05) is 0 Å². The topological polar surface area (TPSA) is 113 Å². The van der Waals surface area contributed by atoms with E-state index in [-0.39, 0.29) is 29.5 Å². The van der Waals surface area contributed by atoms with E-state index in [2.05, 4.69) is 14.7 Å². The number of nitrogens with zero attached hydrogens (tertiary/aromatic N) is 1. The second-order valence-corrected chi connectivity index (χ2v) is 6.93. The van der Waals surface area contributed by atoms with Crippen LogP contribution in [0.1, 0.15) is 12.5 Å². The van der Waals surface area contributed by atoms with Crippen LogP contribution in [0.4, 0.5) is 19.5 Å². The van der Waals surface area contributed by atoms with Gasteiger partial charge < -0.3 is 20.9 Å². The number of nitrogens with two attached hydrogens (primary N) is 1. The van der Waals surface area contributed by atoms with Gasteiger partial charge in [-0.3, -0.25) is 14.2 Å². The molecule has 1 aromatic heterocycles. The molecule has 3 rings (SSSR count). The first-order chi connectivity index (χ1) is 13.9. The Kier molecular flexibility index (Phi) is 6.25. The first-order valence-electron chi connectivity index (χ1n) is 8.53. The summed E-state index contributed by atoms with van der Waals surface area (Å²) in [5.74, 6) is -1.13. The van der Waals surface area contributed by atoms with E-state index in [9.17, 15) is 13.6 Å². The molecule has 7 nitrogen and oxygen atoms in total. The number of aromatic amines is 1. The summed E-state index contributed by atoms with van der Waals surface area (Å²) in [4.78, 5) is 16.1. The van der Waals surface area contributed by atoms with E-state index in [1.165, 1.54) is 36.4 Å². The van der Waals surface area contributed by atoms with Gasteiger partial charge in [0, 0.05) is 17.8 Å². The molecular formula is C19H18F2N4O3S. The molecule has 5 N–H and O–H groups in total. The number of rotatable bonds is 7. The Morgan fingerprint density at radius 1 is 1.34 bits per heavy atom. The number of nitrogens with one attached hydrogen (secondary N) is 2. The summed E-state index contributed by atoms with van der Waals surface area (Å²) in [5.41, 5.74) is 5.88. The van der Waals surface area contributed by atoms with E-state index in [4.69, 9.17) is 15.6 Å². The van der Waals surface area contributed by atoms with Crippen LogP contribution < -0.4 is 21.3 Å². The molecule has 0 radical (unpaired) electrons.